The lowest BCUT2D eigenvalue weighted by Crippen LogP contribution is -2.23. The van der Waals surface area contributed by atoms with Crippen LogP contribution in [0, 0.1) is 0 Å². The van der Waals surface area contributed by atoms with Crippen molar-refractivity contribution in [2.24, 2.45) is 0 Å². The van der Waals surface area contributed by atoms with Crippen LogP contribution in [0.2, 0.25) is 0 Å². The molecule has 6 nitrogen and oxygen atoms in total. The number of carbonyl (C=O) groups is 1. The maximum atomic E-state index is 13.0. The molecule has 0 spiro atoms. The van der Waals surface area contributed by atoms with Crippen molar-refractivity contribution < 1.29 is 18.0 Å². The molecule has 0 aliphatic carbocycles. The maximum absolute atomic E-state index is 13.0. The Morgan fingerprint density at radius 3 is 2.52 bits per heavy atom. The Labute approximate surface area is 160 Å². The van der Waals surface area contributed by atoms with Crippen molar-refractivity contribution in [3.05, 3.63) is 65.2 Å². The van der Waals surface area contributed by atoms with Crippen LogP contribution in [-0.2, 0) is 11.0 Å². The van der Waals surface area contributed by atoms with Crippen molar-refractivity contribution in [3.8, 4) is 5.69 Å². The zero-order valence-corrected chi connectivity index (χ0v) is 15.3. The summed E-state index contributed by atoms with van der Waals surface area (Å²) in [5, 5.41) is 9.30. The summed E-state index contributed by atoms with van der Waals surface area (Å²) in [5.41, 5.74) is 0.0897. The molecule has 3 rings (SSSR count). The molecule has 0 bridgehead atoms. The number of hydrogen-bond acceptors (Lipinski definition) is 4. The summed E-state index contributed by atoms with van der Waals surface area (Å²) in [4.78, 5) is 16.0. The minimum atomic E-state index is -4.53. The first-order valence-corrected chi connectivity index (χ1v) is 8.48. The van der Waals surface area contributed by atoms with Gasteiger partial charge in [-0.2, -0.15) is 18.3 Å². The largest absolute Gasteiger partial charge is 0.416 e. The van der Waals surface area contributed by atoms with E-state index in [1.165, 1.54) is 23.4 Å². The molecule has 1 aromatic heterocycles. The Bertz CT molecular complexity index is 927. The molecule has 0 atom stereocenters. The lowest BCUT2D eigenvalue weighted by Gasteiger charge is -2.15. The number of aromatic nitrogens is 3. The molecule has 0 unspecified atom stereocenters. The molecule has 27 heavy (non-hydrogen) atoms. The van der Waals surface area contributed by atoms with Crippen LogP contribution in [0.5, 0.6) is 0 Å². The van der Waals surface area contributed by atoms with Crippen LogP contribution in [0.15, 0.2) is 59.6 Å². The zero-order chi connectivity index (χ0) is 19.4. The molecule has 1 amide bonds. The van der Waals surface area contributed by atoms with Crippen molar-refractivity contribution in [3.63, 3.8) is 0 Å². The van der Waals surface area contributed by atoms with Crippen molar-refractivity contribution >= 4 is 33.2 Å². The van der Waals surface area contributed by atoms with Crippen LogP contribution in [-0.4, -0.2) is 27.2 Å². The summed E-state index contributed by atoms with van der Waals surface area (Å²) in [5.74, 6) is -0.501. The highest BCUT2D eigenvalue weighted by Gasteiger charge is 2.31. The third kappa shape index (κ3) is 4.85. The summed E-state index contributed by atoms with van der Waals surface area (Å²) in [6.45, 7) is -0.116. The van der Waals surface area contributed by atoms with Gasteiger partial charge in [0.15, 0.2) is 0 Å². The van der Waals surface area contributed by atoms with Gasteiger partial charge in [0.25, 0.3) is 0 Å². The molecule has 1 heterocycles. The maximum Gasteiger partial charge on any atom is 0.416 e. The van der Waals surface area contributed by atoms with Crippen LogP contribution < -0.4 is 10.6 Å². The second kappa shape index (κ2) is 7.78. The number of hydrogen-bond donors (Lipinski definition) is 2. The minimum Gasteiger partial charge on any atom is -0.376 e. The fourth-order valence-electron chi connectivity index (χ4n) is 2.29. The van der Waals surface area contributed by atoms with E-state index in [0.717, 1.165) is 16.6 Å². The quantitative estimate of drug-likeness (QED) is 0.627. The van der Waals surface area contributed by atoms with E-state index < -0.39 is 17.6 Å². The average Bonchev–Trinajstić information content (AvgIpc) is 3.15. The van der Waals surface area contributed by atoms with Gasteiger partial charge in [-0.05, 0) is 42.5 Å². The highest BCUT2D eigenvalue weighted by Crippen LogP contribution is 2.33. The fraction of sp³-hybridized carbons (Fsp3) is 0.118. The summed E-state index contributed by atoms with van der Waals surface area (Å²) >= 11 is 3.31. The first kappa shape index (κ1) is 18.9. The van der Waals surface area contributed by atoms with E-state index >= 15 is 0 Å². The van der Waals surface area contributed by atoms with Crippen molar-refractivity contribution in [2.45, 2.75) is 6.18 Å². The molecule has 0 saturated heterocycles. The summed E-state index contributed by atoms with van der Waals surface area (Å²) in [6.07, 6.45) is -1.95. The van der Waals surface area contributed by atoms with Gasteiger partial charge in [-0.3, -0.25) is 4.79 Å². The highest BCUT2D eigenvalue weighted by molar-refractivity contribution is 9.10. The Hall–Kier alpha value is -2.88. The van der Waals surface area contributed by atoms with Gasteiger partial charge in [0.05, 0.1) is 23.5 Å². The molecule has 2 N–H and O–H groups in total. The standard InChI is InChI=1S/C17H13BrF3N5O/c18-12-2-4-13(5-3-12)23-8-16(27)25-14-7-11(17(19,20)21)1-6-15(14)26-10-22-9-24-26/h1-7,9-10,23H,8H2,(H,25,27). The molecule has 0 aliphatic heterocycles. The second-order valence-electron chi connectivity index (χ2n) is 5.48. The van der Waals surface area contributed by atoms with E-state index in [-0.39, 0.29) is 17.9 Å². The number of rotatable bonds is 5. The van der Waals surface area contributed by atoms with Crippen molar-refractivity contribution in [1.82, 2.24) is 14.8 Å². The van der Waals surface area contributed by atoms with Gasteiger partial charge in [0.2, 0.25) is 5.91 Å². The topological polar surface area (TPSA) is 71.8 Å². The molecule has 140 valence electrons. The number of halogens is 4. The Morgan fingerprint density at radius 1 is 1.15 bits per heavy atom. The molecule has 0 saturated carbocycles. The van der Waals surface area contributed by atoms with Crippen LogP contribution >= 0.6 is 15.9 Å². The van der Waals surface area contributed by atoms with Gasteiger partial charge in [-0.15, -0.1) is 0 Å². The predicted octanol–water partition coefficient (Wildman–Crippen LogP) is 4.10. The third-order valence-corrected chi connectivity index (χ3v) is 4.09. The lowest BCUT2D eigenvalue weighted by atomic mass is 10.1. The molecule has 3 aromatic rings. The first-order chi connectivity index (χ1) is 12.8. The van der Waals surface area contributed by atoms with E-state index in [2.05, 4.69) is 36.6 Å². The lowest BCUT2D eigenvalue weighted by molar-refractivity contribution is -0.137. The number of carbonyl (C=O) groups excluding carboxylic acids is 1. The van der Waals surface area contributed by atoms with E-state index in [1.54, 1.807) is 24.3 Å². The average molecular weight is 440 g/mol. The number of benzene rings is 2. The molecule has 2 aromatic carbocycles. The number of nitrogens with one attached hydrogen (secondary N) is 2. The molecular formula is C17H13BrF3N5O. The predicted molar refractivity (Wildman–Crippen MR) is 97.6 cm³/mol. The van der Waals surface area contributed by atoms with Gasteiger partial charge in [0, 0.05) is 10.2 Å². The second-order valence-corrected chi connectivity index (χ2v) is 6.39. The van der Waals surface area contributed by atoms with E-state index in [9.17, 15) is 18.0 Å². The van der Waals surface area contributed by atoms with Crippen LogP contribution in [0.3, 0.4) is 0 Å². The van der Waals surface area contributed by atoms with Gasteiger partial charge in [-0.25, -0.2) is 9.67 Å². The number of anilines is 2. The molecule has 0 fully saturated rings. The number of nitrogens with zero attached hydrogens (tertiary/aromatic N) is 3. The van der Waals surface area contributed by atoms with Crippen LogP contribution in [0.1, 0.15) is 5.56 Å². The smallest absolute Gasteiger partial charge is 0.376 e. The van der Waals surface area contributed by atoms with Gasteiger partial charge < -0.3 is 10.6 Å². The van der Waals surface area contributed by atoms with Crippen LogP contribution in [0.4, 0.5) is 24.5 Å². The third-order valence-electron chi connectivity index (χ3n) is 3.56. The van der Waals surface area contributed by atoms with Crippen LogP contribution in [0.25, 0.3) is 5.69 Å². The Kier molecular flexibility index (Phi) is 5.45. The molecular weight excluding hydrogens is 427 g/mol. The number of amides is 1. The van der Waals surface area contributed by atoms with Gasteiger partial charge in [-0.1, -0.05) is 15.9 Å². The minimum absolute atomic E-state index is 0.0158. The Morgan fingerprint density at radius 2 is 1.89 bits per heavy atom. The summed E-state index contributed by atoms with van der Waals surface area (Å²) < 4.78 is 41.2. The SMILES string of the molecule is O=C(CNc1ccc(Br)cc1)Nc1cc(C(F)(F)F)ccc1-n1cncn1. The number of alkyl halides is 3. The van der Waals surface area contributed by atoms with Gasteiger partial charge >= 0.3 is 6.18 Å². The fourth-order valence-corrected chi connectivity index (χ4v) is 2.55. The summed E-state index contributed by atoms with van der Waals surface area (Å²) in [6, 6.07) is 10.2. The summed E-state index contributed by atoms with van der Waals surface area (Å²) in [7, 11) is 0. The van der Waals surface area contributed by atoms with E-state index in [1.807, 2.05) is 0 Å². The molecule has 0 aliphatic rings. The van der Waals surface area contributed by atoms with E-state index in [4.69, 9.17) is 0 Å². The normalized spacial score (nSPS) is 11.3. The molecule has 10 heteroatoms. The Balaban J connectivity index is 1.79. The monoisotopic (exact) mass is 439 g/mol. The highest BCUT2D eigenvalue weighted by atomic mass is 79.9. The van der Waals surface area contributed by atoms with E-state index in [0.29, 0.717) is 5.69 Å². The van der Waals surface area contributed by atoms with Crippen molar-refractivity contribution in [1.29, 1.82) is 0 Å². The molecule has 0 radical (unpaired) electrons. The first-order valence-electron chi connectivity index (χ1n) is 7.68. The van der Waals surface area contributed by atoms with Gasteiger partial charge in [0.1, 0.15) is 12.7 Å². The van der Waals surface area contributed by atoms with Crippen molar-refractivity contribution in [2.75, 3.05) is 17.2 Å². The zero-order valence-electron chi connectivity index (χ0n) is 13.7.